The maximum atomic E-state index is 12.3. The molecule has 0 unspecified atom stereocenters. The zero-order valence-electron chi connectivity index (χ0n) is 14.2. The second-order valence-electron chi connectivity index (χ2n) is 5.66. The maximum absolute atomic E-state index is 12.3. The number of amides is 2. The van der Waals surface area contributed by atoms with Gasteiger partial charge < -0.3 is 15.5 Å². The zero-order chi connectivity index (χ0) is 17.4. The molecule has 0 fully saturated rings. The Hall–Kier alpha value is -1.95. The van der Waals surface area contributed by atoms with Crippen LogP contribution in [0.1, 0.15) is 44.5 Å². The van der Waals surface area contributed by atoms with Crippen molar-refractivity contribution < 1.29 is 9.59 Å². The molecule has 0 saturated carbocycles. The standard InChI is InChI=1S/C17H25N3O2S/c1-5-20(6-2)16(22)13-8-7-9-14(11-13)18-17(23)19-15(21)10-12(3)4/h7-9,11-12H,5-6,10H2,1-4H3,(H2,18,19,21,23). The number of rotatable bonds is 6. The molecule has 1 rings (SSSR count). The van der Waals surface area contributed by atoms with Gasteiger partial charge in [-0.3, -0.25) is 9.59 Å². The van der Waals surface area contributed by atoms with Crippen molar-refractivity contribution in [2.45, 2.75) is 34.1 Å². The van der Waals surface area contributed by atoms with E-state index < -0.39 is 0 Å². The zero-order valence-corrected chi connectivity index (χ0v) is 15.0. The summed E-state index contributed by atoms with van der Waals surface area (Å²) >= 11 is 5.13. The number of thiocarbonyl (C=S) groups is 1. The fourth-order valence-electron chi connectivity index (χ4n) is 2.13. The van der Waals surface area contributed by atoms with Crippen molar-refractivity contribution in [2.75, 3.05) is 18.4 Å². The Morgan fingerprint density at radius 2 is 1.87 bits per heavy atom. The van der Waals surface area contributed by atoms with Gasteiger partial charge in [-0.15, -0.1) is 0 Å². The highest BCUT2D eigenvalue weighted by Crippen LogP contribution is 2.13. The third kappa shape index (κ3) is 6.36. The molecular formula is C17H25N3O2S. The minimum absolute atomic E-state index is 0.0200. The number of benzene rings is 1. The number of carbonyl (C=O) groups is 2. The Kier molecular flexibility index (Phi) is 7.68. The molecule has 0 aromatic heterocycles. The fourth-order valence-corrected chi connectivity index (χ4v) is 2.37. The molecule has 0 spiro atoms. The summed E-state index contributed by atoms with van der Waals surface area (Å²) in [5.41, 5.74) is 1.27. The Morgan fingerprint density at radius 3 is 2.43 bits per heavy atom. The van der Waals surface area contributed by atoms with E-state index in [0.29, 0.717) is 30.8 Å². The molecule has 0 bridgehead atoms. The molecule has 6 heteroatoms. The van der Waals surface area contributed by atoms with Crippen LogP contribution in [-0.2, 0) is 4.79 Å². The second kappa shape index (κ2) is 9.25. The molecule has 0 aliphatic rings. The summed E-state index contributed by atoms with van der Waals surface area (Å²) in [6.07, 6.45) is 0.419. The van der Waals surface area contributed by atoms with E-state index >= 15 is 0 Å². The van der Waals surface area contributed by atoms with Crippen LogP contribution in [0.3, 0.4) is 0 Å². The largest absolute Gasteiger partial charge is 0.339 e. The molecule has 0 radical (unpaired) electrons. The molecular weight excluding hydrogens is 310 g/mol. The normalized spacial score (nSPS) is 10.3. The summed E-state index contributed by atoms with van der Waals surface area (Å²) in [6, 6.07) is 7.10. The lowest BCUT2D eigenvalue weighted by Gasteiger charge is -2.19. The van der Waals surface area contributed by atoms with Crippen molar-refractivity contribution in [1.82, 2.24) is 10.2 Å². The van der Waals surface area contributed by atoms with Crippen LogP contribution in [0.25, 0.3) is 0 Å². The minimum Gasteiger partial charge on any atom is -0.339 e. The van der Waals surface area contributed by atoms with Crippen LogP contribution in [0.4, 0.5) is 5.69 Å². The number of carbonyl (C=O) groups excluding carboxylic acids is 2. The summed E-state index contributed by atoms with van der Waals surface area (Å²) < 4.78 is 0. The van der Waals surface area contributed by atoms with Crippen LogP contribution < -0.4 is 10.6 Å². The summed E-state index contributed by atoms with van der Waals surface area (Å²) in [5, 5.41) is 5.82. The average molecular weight is 335 g/mol. The molecule has 23 heavy (non-hydrogen) atoms. The van der Waals surface area contributed by atoms with E-state index in [1.165, 1.54) is 0 Å². The van der Waals surface area contributed by atoms with Gasteiger partial charge in [-0.2, -0.15) is 0 Å². The summed E-state index contributed by atoms with van der Waals surface area (Å²) in [4.78, 5) is 25.8. The Labute approximate surface area is 143 Å². The molecule has 5 nitrogen and oxygen atoms in total. The molecule has 126 valence electrons. The van der Waals surface area contributed by atoms with Crippen molar-refractivity contribution in [2.24, 2.45) is 5.92 Å². The number of anilines is 1. The predicted octanol–water partition coefficient (Wildman–Crippen LogP) is 3.03. The Bertz CT molecular complexity index is 569. The Balaban J connectivity index is 2.72. The highest BCUT2D eigenvalue weighted by Gasteiger charge is 2.13. The van der Waals surface area contributed by atoms with Crippen LogP contribution >= 0.6 is 12.2 Å². The maximum Gasteiger partial charge on any atom is 0.253 e. The second-order valence-corrected chi connectivity index (χ2v) is 6.07. The number of hydrogen-bond donors (Lipinski definition) is 2. The quantitative estimate of drug-likeness (QED) is 0.785. The lowest BCUT2D eigenvalue weighted by Crippen LogP contribution is -2.34. The molecule has 0 atom stereocenters. The molecule has 0 heterocycles. The molecule has 1 aromatic rings. The van der Waals surface area contributed by atoms with Crippen molar-refractivity contribution in [3.05, 3.63) is 29.8 Å². The molecule has 0 saturated heterocycles. The number of nitrogens with one attached hydrogen (secondary N) is 2. The van der Waals surface area contributed by atoms with Gasteiger partial charge in [0.25, 0.3) is 5.91 Å². The lowest BCUT2D eigenvalue weighted by molar-refractivity contribution is -0.120. The SMILES string of the molecule is CCN(CC)C(=O)c1cccc(NC(=S)NC(=O)CC(C)C)c1. The molecule has 0 aliphatic carbocycles. The highest BCUT2D eigenvalue weighted by atomic mass is 32.1. The van der Waals surface area contributed by atoms with E-state index in [1.807, 2.05) is 27.7 Å². The number of hydrogen-bond acceptors (Lipinski definition) is 3. The molecule has 1 aromatic carbocycles. The van der Waals surface area contributed by atoms with E-state index in [1.54, 1.807) is 29.2 Å². The van der Waals surface area contributed by atoms with E-state index in [0.717, 1.165) is 0 Å². The van der Waals surface area contributed by atoms with E-state index in [2.05, 4.69) is 10.6 Å². The van der Waals surface area contributed by atoms with Crippen molar-refractivity contribution in [1.29, 1.82) is 0 Å². The smallest absolute Gasteiger partial charge is 0.253 e. The summed E-state index contributed by atoms with van der Waals surface area (Å²) in [5.74, 6) is 0.133. The van der Waals surface area contributed by atoms with Crippen molar-refractivity contribution in [3.63, 3.8) is 0 Å². The monoisotopic (exact) mass is 335 g/mol. The van der Waals surface area contributed by atoms with Gasteiger partial charge in [-0.05, 0) is 50.2 Å². The van der Waals surface area contributed by atoms with Gasteiger partial charge in [0.15, 0.2) is 5.11 Å². The van der Waals surface area contributed by atoms with Crippen molar-refractivity contribution >= 4 is 34.8 Å². The van der Waals surface area contributed by atoms with Crippen LogP contribution in [0, 0.1) is 5.92 Å². The first-order valence-corrected chi connectivity index (χ1v) is 8.28. The topological polar surface area (TPSA) is 61.4 Å². The fraction of sp³-hybridized carbons (Fsp3) is 0.471. The van der Waals surface area contributed by atoms with Crippen molar-refractivity contribution in [3.8, 4) is 0 Å². The first kappa shape index (κ1) is 19.1. The number of nitrogens with zero attached hydrogens (tertiary/aromatic N) is 1. The van der Waals surface area contributed by atoms with E-state index in [-0.39, 0.29) is 22.8 Å². The molecule has 2 amide bonds. The minimum atomic E-state index is -0.118. The Morgan fingerprint density at radius 1 is 1.22 bits per heavy atom. The first-order valence-electron chi connectivity index (χ1n) is 7.87. The third-order valence-corrected chi connectivity index (χ3v) is 3.47. The van der Waals surface area contributed by atoms with Gasteiger partial charge in [-0.1, -0.05) is 19.9 Å². The van der Waals surface area contributed by atoms with E-state index in [4.69, 9.17) is 12.2 Å². The summed E-state index contributed by atoms with van der Waals surface area (Å²) in [6.45, 7) is 9.16. The third-order valence-electron chi connectivity index (χ3n) is 3.26. The van der Waals surface area contributed by atoms with Crippen LogP contribution in [0.5, 0.6) is 0 Å². The van der Waals surface area contributed by atoms with Gasteiger partial charge in [0.05, 0.1) is 0 Å². The van der Waals surface area contributed by atoms with Gasteiger partial charge >= 0.3 is 0 Å². The van der Waals surface area contributed by atoms with Crippen LogP contribution in [-0.4, -0.2) is 34.9 Å². The summed E-state index contributed by atoms with van der Waals surface area (Å²) in [7, 11) is 0. The predicted molar refractivity (Wildman–Crippen MR) is 97.5 cm³/mol. The average Bonchev–Trinajstić information content (AvgIpc) is 2.47. The van der Waals surface area contributed by atoms with Gasteiger partial charge in [0.1, 0.15) is 0 Å². The molecule has 0 aliphatic heterocycles. The van der Waals surface area contributed by atoms with Crippen LogP contribution in [0.15, 0.2) is 24.3 Å². The van der Waals surface area contributed by atoms with Gasteiger partial charge in [-0.25, -0.2) is 0 Å². The highest BCUT2D eigenvalue weighted by molar-refractivity contribution is 7.80. The first-order chi connectivity index (χ1) is 10.9. The lowest BCUT2D eigenvalue weighted by atomic mass is 10.1. The van der Waals surface area contributed by atoms with Crippen LogP contribution in [0.2, 0.25) is 0 Å². The van der Waals surface area contributed by atoms with Gasteiger partial charge in [0, 0.05) is 30.8 Å². The van der Waals surface area contributed by atoms with Gasteiger partial charge in [0.2, 0.25) is 5.91 Å². The van der Waals surface area contributed by atoms with E-state index in [9.17, 15) is 9.59 Å². The molecule has 2 N–H and O–H groups in total.